The monoisotopic (exact) mass is 255 g/mol. The SMILES string of the molecule is Cl.NC1CCC2(CC1)C1CC3CC(C1)CC2C3. The summed E-state index contributed by atoms with van der Waals surface area (Å²) in [5, 5.41) is 0. The standard InChI is InChI=1S/C15H25N.ClH/c16-14-1-3-15(4-2-14)12-6-10-5-11(8-12)9-13(15)7-10;/h10-14H,1-9,16H2;1H. The molecule has 5 saturated carbocycles. The molecule has 17 heavy (non-hydrogen) atoms. The Morgan fingerprint density at radius 1 is 0.765 bits per heavy atom. The molecule has 2 N–H and O–H groups in total. The number of hydrogen-bond acceptors (Lipinski definition) is 1. The molecule has 0 heterocycles. The van der Waals surface area contributed by atoms with Crippen molar-refractivity contribution in [2.24, 2.45) is 34.8 Å². The molecule has 5 aliphatic rings. The van der Waals surface area contributed by atoms with Crippen molar-refractivity contribution in [2.45, 2.75) is 63.8 Å². The van der Waals surface area contributed by atoms with E-state index >= 15 is 0 Å². The van der Waals surface area contributed by atoms with Crippen molar-refractivity contribution in [3.8, 4) is 0 Å². The van der Waals surface area contributed by atoms with Crippen LogP contribution in [0.25, 0.3) is 0 Å². The summed E-state index contributed by atoms with van der Waals surface area (Å²) in [4.78, 5) is 0. The van der Waals surface area contributed by atoms with Gasteiger partial charge in [0.1, 0.15) is 0 Å². The molecule has 0 radical (unpaired) electrons. The number of nitrogens with two attached hydrogens (primary N) is 1. The Bertz CT molecular complexity index is 263. The summed E-state index contributed by atoms with van der Waals surface area (Å²) >= 11 is 0. The maximum Gasteiger partial charge on any atom is 0.00392 e. The van der Waals surface area contributed by atoms with E-state index in [4.69, 9.17) is 5.73 Å². The molecule has 4 bridgehead atoms. The second-order valence-corrected chi connectivity index (χ2v) is 7.38. The minimum Gasteiger partial charge on any atom is -0.328 e. The van der Waals surface area contributed by atoms with Gasteiger partial charge >= 0.3 is 0 Å². The van der Waals surface area contributed by atoms with Crippen molar-refractivity contribution in [1.29, 1.82) is 0 Å². The number of halogens is 1. The molecule has 0 saturated heterocycles. The summed E-state index contributed by atoms with van der Waals surface area (Å²) in [5.41, 5.74) is 6.89. The van der Waals surface area contributed by atoms with Crippen LogP contribution in [0.1, 0.15) is 57.8 Å². The Balaban J connectivity index is 0.000000902. The van der Waals surface area contributed by atoms with Crippen molar-refractivity contribution in [3.05, 3.63) is 0 Å². The minimum absolute atomic E-state index is 0. The highest BCUT2D eigenvalue weighted by molar-refractivity contribution is 5.85. The van der Waals surface area contributed by atoms with Gasteiger partial charge < -0.3 is 5.73 Å². The topological polar surface area (TPSA) is 26.0 Å². The van der Waals surface area contributed by atoms with E-state index in [1.165, 1.54) is 25.7 Å². The second-order valence-electron chi connectivity index (χ2n) is 7.38. The smallest absolute Gasteiger partial charge is 0.00392 e. The molecule has 0 atom stereocenters. The van der Waals surface area contributed by atoms with Gasteiger partial charge in [0.05, 0.1) is 0 Å². The van der Waals surface area contributed by atoms with Gasteiger partial charge in [-0.05, 0) is 86.9 Å². The number of rotatable bonds is 0. The van der Waals surface area contributed by atoms with Gasteiger partial charge in [-0.15, -0.1) is 12.4 Å². The van der Waals surface area contributed by atoms with Gasteiger partial charge in [-0.3, -0.25) is 0 Å². The van der Waals surface area contributed by atoms with Crippen molar-refractivity contribution in [2.75, 3.05) is 0 Å². The molecular weight excluding hydrogens is 230 g/mol. The molecule has 0 amide bonds. The second kappa shape index (κ2) is 4.13. The highest BCUT2D eigenvalue weighted by Gasteiger charge is 2.57. The average Bonchev–Trinajstić information content (AvgIpc) is 2.27. The fourth-order valence-electron chi connectivity index (χ4n) is 6.12. The first-order valence-electron chi connectivity index (χ1n) is 7.52. The van der Waals surface area contributed by atoms with E-state index in [1.807, 2.05) is 0 Å². The lowest BCUT2D eigenvalue weighted by atomic mass is 9.42. The summed E-state index contributed by atoms with van der Waals surface area (Å²) in [7, 11) is 0. The summed E-state index contributed by atoms with van der Waals surface area (Å²) in [6.45, 7) is 0. The van der Waals surface area contributed by atoms with Crippen molar-refractivity contribution >= 4 is 12.4 Å². The molecule has 5 rings (SSSR count). The molecule has 2 heteroatoms. The Kier molecular flexibility index (Phi) is 2.99. The highest BCUT2D eigenvalue weighted by atomic mass is 35.5. The Labute approximate surface area is 111 Å². The van der Waals surface area contributed by atoms with Crippen molar-refractivity contribution < 1.29 is 0 Å². The first kappa shape index (κ1) is 12.3. The quantitative estimate of drug-likeness (QED) is 0.701. The van der Waals surface area contributed by atoms with E-state index in [0.29, 0.717) is 6.04 Å². The molecular formula is C15H26ClN. The van der Waals surface area contributed by atoms with Crippen molar-refractivity contribution in [3.63, 3.8) is 0 Å². The summed E-state index contributed by atoms with van der Waals surface area (Å²) in [6.07, 6.45) is 13.5. The largest absolute Gasteiger partial charge is 0.328 e. The molecule has 5 aliphatic carbocycles. The minimum atomic E-state index is 0. The molecule has 0 aromatic carbocycles. The zero-order valence-corrected chi connectivity index (χ0v) is 11.6. The molecule has 0 aromatic rings. The van der Waals surface area contributed by atoms with E-state index in [2.05, 4.69) is 0 Å². The third kappa shape index (κ3) is 1.69. The lowest BCUT2D eigenvalue weighted by Gasteiger charge is -2.63. The highest BCUT2D eigenvalue weighted by Crippen LogP contribution is 2.66. The van der Waals surface area contributed by atoms with Crippen LogP contribution in [-0.4, -0.2) is 6.04 Å². The molecule has 0 aromatic heterocycles. The fraction of sp³-hybridized carbons (Fsp3) is 1.00. The predicted octanol–water partition coefficient (Wildman–Crippen LogP) is 3.75. The third-order valence-electron chi connectivity index (χ3n) is 6.73. The van der Waals surface area contributed by atoms with E-state index in [-0.39, 0.29) is 12.4 Å². The lowest BCUT2D eigenvalue weighted by molar-refractivity contribution is -0.128. The normalized spacial score (nSPS) is 55.9. The number of hydrogen-bond donors (Lipinski definition) is 1. The van der Waals surface area contributed by atoms with Crippen LogP contribution in [0, 0.1) is 29.1 Å². The van der Waals surface area contributed by atoms with Crippen LogP contribution in [0.5, 0.6) is 0 Å². The maximum absolute atomic E-state index is 6.11. The molecule has 0 unspecified atom stereocenters. The molecule has 0 aliphatic heterocycles. The third-order valence-corrected chi connectivity index (χ3v) is 6.73. The molecule has 5 fully saturated rings. The Morgan fingerprint density at radius 2 is 1.24 bits per heavy atom. The zero-order valence-electron chi connectivity index (χ0n) is 10.7. The summed E-state index contributed by atoms with van der Waals surface area (Å²) in [6, 6.07) is 0.530. The van der Waals surface area contributed by atoms with Crippen LogP contribution < -0.4 is 5.73 Å². The fourth-order valence-corrected chi connectivity index (χ4v) is 6.12. The van der Waals surface area contributed by atoms with Crippen LogP contribution in [-0.2, 0) is 0 Å². The van der Waals surface area contributed by atoms with Gasteiger partial charge in [0, 0.05) is 6.04 Å². The Hall–Kier alpha value is 0.250. The van der Waals surface area contributed by atoms with Crippen LogP contribution in [0.15, 0.2) is 0 Å². The maximum atomic E-state index is 6.11. The molecule has 98 valence electrons. The summed E-state index contributed by atoms with van der Waals surface area (Å²) in [5.74, 6) is 4.47. The lowest BCUT2D eigenvalue weighted by Crippen LogP contribution is -2.55. The predicted molar refractivity (Wildman–Crippen MR) is 73.2 cm³/mol. The van der Waals surface area contributed by atoms with E-state index in [9.17, 15) is 0 Å². The average molecular weight is 256 g/mol. The van der Waals surface area contributed by atoms with E-state index in [0.717, 1.165) is 29.1 Å². The van der Waals surface area contributed by atoms with E-state index in [1.54, 1.807) is 32.1 Å². The van der Waals surface area contributed by atoms with Gasteiger partial charge in [0.25, 0.3) is 0 Å². The van der Waals surface area contributed by atoms with Gasteiger partial charge in [0.15, 0.2) is 0 Å². The molecule has 1 nitrogen and oxygen atoms in total. The van der Waals surface area contributed by atoms with Crippen LogP contribution in [0.4, 0.5) is 0 Å². The first-order chi connectivity index (χ1) is 7.76. The van der Waals surface area contributed by atoms with E-state index < -0.39 is 0 Å². The van der Waals surface area contributed by atoms with Gasteiger partial charge in [-0.2, -0.15) is 0 Å². The molecule has 1 spiro atoms. The van der Waals surface area contributed by atoms with Crippen LogP contribution in [0.3, 0.4) is 0 Å². The van der Waals surface area contributed by atoms with Crippen LogP contribution >= 0.6 is 12.4 Å². The Morgan fingerprint density at radius 3 is 1.71 bits per heavy atom. The van der Waals surface area contributed by atoms with Gasteiger partial charge in [-0.25, -0.2) is 0 Å². The summed E-state index contributed by atoms with van der Waals surface area (Å²) < 4.78 is 0. The first-order valence-corrected chi connectivity index (χ1v) is 7.52. The van der Waals surface area contributed by atoms with Gasteiger partial charge in [-0.1, -0.05) is 0 Å². The van der Waals surface area contributed by atoms with Crippen LogP contribution in [0.2, 0.25) is 0 Å². The zero-order chi connectivity index (χ0) is 10.8. The van der Waals surface area contributed by atoms with Gasteiger partial charge in [0.2, 0.25) is 0 Å². The van der Waals surface area contributed by atoms with Crippen molar-refractivity contribution in [1.82, 2.24) is 0 Å².